The Morgan fingerprint density at radius 3 is 2.70 bits per heavy atom. The summed E-state index contributed by atoms with van der Waals surface area (Å²) in [5.41, 5.74) is 0.531. The molecule has 0 spiro atoms. The molecule has 54 valence electrons. The lowest BCUT2D eigenvalue weighted by Gasteiger charge is -1.99. The van der Waals surface area contributed by atoms with Gasteiger partial charge in [-0.3, -0.25) is 0 Å². The molecule has 2 N–H and O–H groups in total. The van der Waals surface area contributed by atoms with Crippen molar-refractivity contribution in [3.8, 4) is 5.75 Å². The maximum atomic E-state index is 12.5. The zero-order chi connectivity index (χ0) is 7.56. The maximum Gasteiger partial charge on any atom is 0.147 e. The molecule has 1 rings (SSSR count). The van der Waals surface area contributed by atoms with Crippen LogP contribution in [0.15, 0.2) is 18.2 Å². The van der Waals surface area contributed by atoms with E-state index in [1.807, 2.05) is 0 Å². The minimum absolute atomic E-state index is 0.249. The molecule has 0 fully saturated rings. The number of halogens is 1. The zero-order valence-corrected chi connectivity index (χ0v) is 5.60. The van der Waals surface area contributed by atoms with Crippen molar-refractivity contribution >= 4 is 0 Å². The Kier molecular flexibility index (Phi) is 1.87. The number of aryl methyl sites for hydroxylation is 1. The Labute approximate surface area is 58.4 Å². The Morgan fingerprint density at radius 1 is 1.50 bits per heavy atom. The monoisotopic (exact) mass is 141 g/mol. The molecule has 0 radical (unpaired) electrons. The highest BCUT2D eigenvalue weighted by Crippen LogP contribution is 2.13. The van der Waals surface area contributed by atoms with Crippen molar-refractivity contribution in [3.05, 3.63) is 29.6 Å². The summed E-state index contributed by atoms with van der Waals surface area (Å²) in [5.74, 6) is 5.07. The molecule has 3 heteroatoms. The third kappa shape index (κ3) is 1.25. The van der Waals surface area contributed by atoms with Gasteiger partial charge in [-0.05, 0) is 30.7 Å². The van der Waals surface area contributed by atoms with Crippen molar-refractivity contribution < 1.29 is 9.23 Å². The molecule has 10 heavy (non-hydrogen) atoms. The van der Waals surface area contributed by atoms with E-state index in [1.165, 1.54) is 18.2 Å². The SMILES string of the molecule is Cc1cc(ON)ccc1F. The van der Waals surface area contributed by atoms with Gasteiger partial charge in [-0.2, -0.15) is 5.90 Å². The van der Waals surface area contributed by atoms with Crippen LogP contribution in [0.4, 0.5) is 4.39 Å². The van der Waals surface area contributed by atoms with E-state index in [1.54, 1.807) is 6.92 Å². The van der Waals surface area contributed by atoms with Crippen LogP contribution in [0, 0.1) is 12.7 Å². The lowest BCUT2D eigenvalue weighted by Crippen LogP contribution is -2.01. The number of hydrogen-bond acceptors (Lipinski definition) is 2. The standard InChI is InChI=1S/C7H8FNO/c1-5-4-6(10-9)2-3-7(5)8/h2-4H,9H2,1H3. The predicted octanol–water partition coefficient (Wildman–Crippen LogP) is 1.39. The highest BCUT2D eigenvalue weighted by molar-refractivity contribution is 5.28. The van der Waals surface area contributed by atoms with Gasteiger partial charge < -0.3 is 4.84 Å². The molecule has 0 saturated heterocycles. The van der Waals surface area contributed by atoms with Crippen LogP contribution >= 0.6 is 0 Å². The van der Waals surface area contributed by atoms with Gasteiger partial charge in [-0.1, -0.05) is 0 Å². The molecule has 0 atom stereocenters. The van der Waals surface area contributed by atoms with E-state index in [4.69, 9.17) is 5.90 Å². The van der Waals surface area contributed by atoms with Crippen molar-refractivity contribution in [2.24, 2.45) is 5.90 Å². The maximum absolute atomic E-state index is 12.5. The van der Waals surface area contributed by atoms with E-state index in [9.17, 15) is 4.39 Å². The Morgan fingerprint density at radius 2 is 2.20 bits per heavy atom. The van der Waals surface area contributed by atoms with Gasteiger partial charge in [0.15, 0.2) is 0 Å². The summed E-state index contributed by atoms with van der Waals surface area (Å²) in [6.07, 6.45) is 0. The van der Waals surface area contributed by atoms with E-state index in [-0.39, 0.29) is 5.82 Å². The van der Waals surface area contributed by atoms with Crippen LogP contribution < -0.4 is 10.7 Å². The summed E-state index contributed by atoms with van der Waals surface area (Å²) in [4.78, 5) is 4.38. The number of nitrogens with two attached hydrogens (primary N) is 1. The topological polar surface area (TPSA) is 35.2 Å². The van der Waals surface area contributed by atoms with Gasteiger partial charge in [0.1, 0.15) is 11.6 Å². The third-order valence-corrected chi connectivity index (χ3v) is 1.27. The largest absolute Gasteiger partial charge is 0.412 e. The normalized spacial score (nSPS) is 9.50. The summed E-state index contributed by atoms with van der Waals surface area (Å²) < 4.78 is 12.5. The summed E-state index contributed by atoms with van der Waals surface area (Å²) in [5, 5.41) is 0. The molecule has 0 heterocycles. The quantitative estimate of drug-likeness (QED) is 0.600. The van der Waals surface area contributed by atoms with Gasteiger partial charge in [-0.25, -0.2) is 4.39 Å². The van der Waals surface area contributed by atoms with Crippen molar-refractivity contribution in [1.82, 2.24) is 0 Å². The molecule has 1 aromatic rings. The van der Waals surface area contributed by atoms with Crippen LogP contribution in [-0.4, -0.2) is 0 Å². The molecule has 0 aliphatic rings. The van der Waals surface area contributed by atoms with E-state index < -0.39 is 0 Å². The second kappa shape index (κ2) is 2.66. The molecule has 0 bridgehead atoms. The Balaban J connectivity index is 3.04. The second-order valence-electron chi connectivity index (χ2n) is 2.03. The molecule has 0 aliphatic heterocycles. The zero-order valence-electron chi connectivity index (χ0n) is 5.60. The Hall–Kier alpha value is -1.09. The summed E-state index contributed by atoms with van der Waals surface area (Å²) in [6, 6.07) is 4.33. The minimum Gasteiger partial charge on any atom is -0.412 e. The number of rotatable bonds is 1. The predicted molar refractivity (Wildman–Crippen MR) is 36.0 cm³/mol. The van der Waals surface area contributed by atoms with Crippen molar-refractivity contribution in [1.29, 1.82) is 0 Å². The van der Waals surface area contributed by atoms with Crippen LogP contribution in [0.3, 0.4) is 0 Å². The summed E-state index contributed by atoms with van der Waals surface area (Å²) >= 11 is 0. The summed E-state index contributed by atoms with van der Waals surface area (Å²) in [6.45, 7) is 1.65. The lowest BCUT2D eigenvalue weighted by molar-refractivity contribution is 0.333. The van der Waals surface area contributed by atoms with Gasteiger partial charge in [0.05, 0.1) is 0 Å². The average Bonchev–Trinajstić information content (AvgIpc) is 1.95. The van der Waals surface area contributed by atoms with Crippen LogP contribution in [0.2, 0.25) is 0 Å². The van der Waals surface area contributed by atoms with Crippen molar-refractivity contribution in [3.63, 3.8) is 0 Å². The molecule has 0 aliphatic carbocycles. The molecule has 0 aromatic heterocycles. The molecule has 0 amide bonds. The van der Waals surface area contributed by atoms with E-state index in [2.05, 4.69) is 4.84 Å². The highest BCUT2D eigenvalue weighted by Gasteiger charge is 1.97. The Bertz CT molecular complexity index is 237. The van der Waals surface area contributed by atoms with Crippen molar-refractivity contribution in [2.45, 2.75) is 6.92 Å². The van der Waals surface area contributed by atoms with Gasteiger partial charge in [0, 0.05) is 0 Å². The average molecular weight is 141 g/mol. The molecule has 2 nitrogen and oxygen atoms in total. The molecule has 1 aromatic carbocycles. The fraction of sp³-hybridized carbons (Fsp3) is 0.143. The van der Waals surface area contributed by atoms with E-state index >= 15 is 0 Å². The first-order valence-corrected chi connectivity index (χ1v) is 2.87. The molecule has 0 saturated carbocycles. The number of benzene rings is 1. The van der Waals surface area contributed by atoms with E-state index in [0.717, 1.165) is 0 Å². The number of hydrogen-bond donors (Lipinski definition) is 1. The smallest absolute Gasteiger partial charge is 0.147 e. The first-order valence-electron chi connectivity index (χ1n) is 2.87. The van der Waals surface area contributed by atoms with Crippen molar-refractivity contribution in [2.75, 3.05) is 0 Å². The first-order chi connectivity index (χ1) is 4.74. The fourth-order valence-electron chi connectivity index (χ4n) is 0.690. The van der Waals surface area contributed by atoms with Gasteiger partial charge in [0.2, 0.25) is 0 Å². The molecular formula is C7H8FNO. The first kappa shape index (κ1) is 7.02. The van der Waals surface area contributed by atoms with Gasteiger partial charge in [0.25, 0.3) is 0 Å². The van der Waals surface area contributed by atoms with E-state index in [0.29, 0.717) is 11.3 Å². The van der Waals surface area contributed by atoms with Gasteiger partial charge in [-0.15, -0.1) is 0 Å². The fourth-order valence-corrected chi connectivity index (χ4v) is 0.690. The second-order valence-corrected chi connectivity index (χ2v) is 2.03. The third-order valence-electron chi connectivity index (χ3n) is 1.27. The van der Waals surface area contributed by atoms with Crippen LogP contribution in [-0.2, 0) is 0 Å². The molecular weight excluding hydrogens is 133 g/mol. The van der Waals surface area contributed by atoms with Crippen LogP contribution in [0.25, 0.3) is 0 Å². The van der Waals surface area contributed by atoms with Crippen LogP contribution in [0.1, 0.15) is 5.56 Å². The summed E-state index contributed by atoms with van der Waals surface area (Å²) in [7, 11) is 0. The van der Waals surface area contributed by atoms with Crippen LogP contribution in [0.5, 0.6) is 5.75 Å². The van der Waals surface area contributed by atoms with Gasteiger partial charge >= 0.3 is 0 Å². The minimum atomic E-state index is -0.249. The lowest BCUT2D eigenvalue weighted by atomic mass is 10.2. The highest BCUT2D eigenvalue weighted by atomic mass is 19.1. The molecule has 0 unspecified atom stereocenters.